The topological polar surface area (TPSA) is 29.1 Å². The van der Waals surface area contributed by atoms with Gasteiger partial charge in [0.05, 0.1) is 6.04 Å². The van der Waals surface area contributed by atoms with Crippen molar-refractivity contribution in [1.82, 2.24) is 5.32 Å². The van der Waals surface area contributed by atoms with Crippen molar-refractivity contribution < 1.29 is 4.79 Å². The molecule has 0 spiro atoms. The van der Waals surface area contributed by atoms with E-state index in [4.69, 9.17) is 0 Å². The van der Waals surface area contributed by atoms with Gasteiger partial charge < -0.3 is 5.32 Å². The molecule has 1 aliphatic carbocycles. The summed E-state index contributed by atoms with van der Waals surface area (Å²) in [6, 6.07) is 8.65. The number of ketones is 1. The Morgan fingerprint density at radius 3 is 3.00 bits per heavy atom. The molecule has 0 bridgehead atoms. The van der Waals surface area contributed by atoms with Gasteiger partial charge in [-0.15, -0.1) is 0 Å². The number of rotatable bonds is 3. The van der Waals surface area contributed by atoms with E-state index in [1.807, 2.05) is 0 Å². The lowest BCUT2D eigenvalue weighted by molar-refractivity contribution is -0.121. The summed E-state index contributed by atoms with van der Waals surface area (Å²) in [6.07, 6.45) is 6.54. The zero-order chi connectivity index (χ0) is 12.4. The van der Waals surface area contributed by atoms with Crippen molar-refractivity contribution in [3.63, 3.8) is 0 Å². The molecule has 2 heteroatoms. The highest BCUT2D eigenvalue weighted by molar-refractivity contribution is 5.85. The van der Waals surface area contributed by atoms with Crippen molar-refractivity contribution in [3.8, 4) is 0 Å². The van der Waals surface area contributed by atoms with Crippen molar-refractivity contribution in [2.75, 3.05) is 6.54 Å². The molecule has 0 amide bonds. The smallest absolute Gasteiger partial charge is 0.150 e. The van der Waals surface area contributed by atoms with Gasteiger partial charge in [-0.3, -0.25) is 4.79 Å². The van der Waals surface area contributed by atoms with Crippen LogP contribution < -0.4 is 5.32 Å². The molecule has 2 unspecified atom stereocenters. The summed E-state index contributed by atoms with van der Waals surface area (Å²) < 4.78 is 0. The number of hydrogen-bond donors (Lipinski definition) is 1. The fourth-order valence-electron chi connectivity index (χ4n) is 3.23. The van der Waals surface area contributed by atoms with Crippen LogP contribution in [0.15, 0.2) is 24.3 Å². The summed E-state index contributed by atoms with van der Waals surface area (Å²) >= 11 is 0. The van der Waals surface area contributed by atoms with E-state index in [1.54, 1.807) is 0 Å². The van der Waals surface area contributed by atoms with Gasteiger partial charge >= 0.3 is 0 Å². The average molecular weight is 243 g/mol. The fraction of sp³-hybridized carbons (Fsp3) is 0.562. The second-order valence-corrected chi connectivity index (χ2v) is 5.63. The molecule has 96 valence electrons. The Morgan fingerprint density at radius 2 is 2.11 bits per heavy atom. The van der Waals surface area contributed by atoms with E-state index in [-0.39, 0.29) is 6.04 Å². The second kappa shape index (κ2) is 5.23. The molecule has 1 N–H and O–H groups in total. The lowest BCUT2D eigenvalue weighted by atomic mass is 9.74. The van der Waals surface area contributed by atoms with Gasteiger partial charge in [0.25, 0.3) is 0 Å². The molecule has 1 aromatic carbocycles. The quantitative estimate of drug-likeness (QED) is 0.884. The third-order valence-corrected chi connectivity index (χ3v) is 4.36. The van der Waals surface area contributed by atoms with Crippen molar-refractivity contribution in [1.29, 1.82) is 0 Å². The molecule has 2 atom stereocenters. The summed E-state index contributed by atoms with van der Waals surface area (Å²) in [7, 11) is 0. The molecule has 0 radical (unpaired) electrons. The van der Waals surface area contributed by atoms with Gasteiger partial charge in [-0.25, -0.2) is 0 Å². The summed E-state index contributed by atoms with van der Waals surface area (Å²) in [4.78, 5) is 12.3. The minimum atomic E-state index is 0.125. The number of benzene rings is 1. The van der Waals surface area contributed by atoms with Crippen LogP contribution in [0.3, 0.4) is 0 Å². The molecule has 0 saturated carbocycles. The molecule has 1 aliphatic heterocycles. The minimum Gasteiger partial charge on any atom is -0.307 e. The summed E-state index contributed by atoms with van der Waals surface area (Å²) in [5.41, 5.74) is 2.84. The first kappa shape index (κ1) is 11.9. The van der Waals surface area contributed by atoms with Gasteiger partial charge in [0.15, 0.2) is 0 Å². The van der Waals surface area contributed by atoms with E-state index in [0.717, 1.165) is 25.8 Å². The lowest BCUT2D eigenvalue weighted by Crippen LogP contribution is -2.37. The van der Waals surface area contributed by atoms with E-state index < -0.39 is 0 Å². The zero-order valence-electron chi connectivity index (χ0n) is 10.8. The van der Waals surface area contributed by atoms with Crippen LogP contribution in [0.5, 0.6) is 0 Å². The summed E-state index contributed by atoms with van der Waals surface area (Å²) in [6.45, 7) is 1.01. The maximum absolute atomic E-state index is 12.3. The molecule has 1 heterocycles. The van der Waals surface area contributed by atoms with E-state index >= 15 is 0 Å². The summed E-state index contributed by atoms with van der Waals surface area (Å²) in [5, 5.41) is 3.41. The van der Waals surface area contributed by atoms with Crippen molar-refractivity contribution in [2.45, 2.75) is 50.5 Å². The van der Waals surface area contributed by atoms with Crippen LogP contribution in [0.1, 0.15) is 49.1 Å². The Hall–Kier alpha value is -1.15. The predicted octanol–water partition coefficient (Wildman–Crippen LogP) is 2.82. The fourth-order valence-corrected chi connectivity index (χ4v) is 3.23. The highest BCUT2D eigenvalue weighted by Crippen LogP contribution is 2.37. The van der Waals surface area contributed by atoms with E-state index in [9.17, 15) is 4.79 Å². The van der Waals surface area contributed by atoms with Crippen LogP contribution in [0, 0.1) is 0 Å². The Kier molecular flexibility index (Phi) is 3.46. The Bertz CT molecular complexity index is 432. The number of fused-ring (bicyclic) bond motifs is 1. The third-order valence-electron chi connectivity index (χ3n) is 4.36. The number of nitrogens with one attached hydrogen (secondary N) is 1. The van der Waals surface area contributed by atoms with Crippen LogP contribution >= 0.6 is 0 Å². The molecule has 1 saturated heterocycles. The van der Waals surface area contributed by atoms with Crippen molar-refractivity contribution in [3.05, 3.63) is 35.4 Å². The average Bonchev–Trinajstić information content (AvgIpc) is 2.64. The predicted molar refractivity (Wildman–Crippen MR) is 72.8 cm³/mol. The second-order valence-electron chi connectivity index (χ2n) is 5.63. The summed E-state index contributed by atoms with van der Waals surface area (Å²) in [5.74, 6) is 0.912. The Labute approximate surface area is 109 Å². The molecule has 1 fully saturated rings. The van der Waals surface area contributed by atoms with Gasteiger partial charge in [0, 0.05) is 6.42 Å². The molecule has 2 aliphatic rings. The maximum Gasteiger partial charge on any atom is 0.150 e. The third kappa shape index (κ3) is 2.35. The van der Waals surface area contributed by atoms with Gasteiger partial charge in [-0.1, -0.05) is 37.1 Å². The molecule has 3 rings (SSSR count). The lowest BCUT2D eigenvalue weighted by Gasteiger charge is -2.30. The van der Waals surface area contributed by atoms with Crippen LogP contribution in [0.4, 0.5) is 0 Å². The molecule has 0 aromatic heterocycles. The molecule has 2 nitrogen and oxygen atoms in total. The first-order valence-corrected chi connectivity index (χ1v) is 7.18. The van der Waals surface area contributed by atoms with Gasteiger partial charge in [0.2, 0.25) is 0 Å². The number of carbonyl (C=O) groups is 1. The van der Waals surface area contributed by atoms with E-state index in [0.29, 0.717) is 11.7 Å². The van der Waals surface area contributed by atoms with E-state index in [1.165, 1.54) is 30.4 Å². The number of Topliss-reactive ketones (excluding diaryl/α,β-unsaturated/α-hetero) is 1. The highest BCUT2D eigenvalue weighted by Gasteiger charge is 2.30. The highest BCUT2D eigenvalue weighted by atomic mass is 16.1. The Balaban J connectivity index is 1.59. The monoisotopic (exact) mass is 243 g/mol. The Morgan fingerprint density at radius 1 is 1.22 bits per heavy atom. The molecule has 1 aromatic rings. The maximum atomic E-state index is 12.3. The molecular weight excluding hydrogens is 222 g/mol. The van der Waals surface area contributed by atoms with Gasteiger partial charge in [-0.2, -0.15) is 0 Å². The standard InChI is InChI=1S/C16H21NO/c18-16(15-8-2-1-5-9-17-15)11-13-10-12-6-3-4-7-14(12)13/h3-4,6-7,13,15,17H,1-2,5,8-11H2. The van der Waals surface area contributed by atoms with Crippen molar-refractivity contribution >= 4 is 5.78 Å². The largest absolute Gasteiger partial charge is 0.307 e. The first-order valence-electron chi connectivity index (χ1n) is 7.18. The van der Waals surface area contributed by atoms with Crippen molar-refractivity contribution in [2.24, 2.45) is 0 Å². The molecular formula is C16H21NO. The number of carbonyl (C=O) groups excluding carboxylic acids is 1. The SMILES string of the molecule is O=C(CC1Cc2ccccc21)C1CCCCCN1. The van der Waals surface area contributed by atoms with Crippen LogP contribution in [-0.2, 0) is 11.2 Å². The van der Waals surface area contributed by atoms with Gasteiger partial charge in [0.1, 0.15) is 5.78 Å². The zero-order valence-corrected chi connectivity index (χ0v) is 10.8. The number of hydrogen-bond acceptors (Lipinski definition) is 2. The van der Waals surface area contributed by atoms with Crippen LogP contribution in [-0.4, -0.2) is 18.4 Å². The van der Waals surface area contributed by atoms with Gasteiger partial charge in [-0.05, 0) is 42.9 Å². The minimum absolute atomic E-state index is 0.125. The molecule has 18 heavy (non-hydrogen) atoms. The first-order chi connectivity index (χ1) is 8.84. The van der Waals surface area contributed by atoms with Crippen LogP contribution in [0.2, 0.25) is 0 Å². The van der Waals surface area contributed by atoms with Crippen LogP contribution in [0.25, 0.3) is 0 Å². The normalized spacial score (nSPS) is 26.9. The van der Waals surface area contributed by atoms with E-state index in [2.05, 4.69) is 29.6 Å².